The van der Waals surface area contributed by atoms with Gasteiger partial charge in [-0.05, 0) is 29.8 Å². The Morgan fingerprint density at radius 2 is 1.90 bits per heavy atom. The van der Waals surface area contributed by atoms with Crippen LogP contribution in [0.5, 0.6) is 5.75 Å². The molecular formula is C15H14N2O4. The van der Waals surface area contributed by atoms with E-state index in [4.69, 9.17) is 0 Å². The number of benzene rings is 1. The number of nitrogens with zero attached hydrogens (tertiary/aromatic N) is 1. The van der Waals surface area contributed by atoms with Gasteiger partial charge in [-0.2, -0.15) is 0 Å². The minimum Gasteiger partial charge on any atom is -0.508 e. The zero-order chi connectivity index (χ0) is 15.2. The second kappa shape index (κ2) is 6.51. The van der Waals surface area contributed by atoms with Crippen LogP contribution in [0.15, 0.2) is 48.8 Å². The number of carbonyl (C=O) groups excluding carboxylic acids is 1. The molecule has 1 heterocycles. The number of phenolic OH excluding ortho intramolecular Hbond substituents is 1. The van der Waals surface area contributed by atoms with E-state index in [0.29, 0.717) is 11.1 Å². The maximum absolute atomic E-state index is 11.9. The van der Waals surface area contributed by atoms with Crippen molar-refractivity contribution in [3.63, 3.8) is 0 Å². The summed E-state index contributed by atoms with van der Waals surface area (Å²) < 4.78 is 0. The first-order valence-corrected chi connectivity index (χ1v) is 6.28. The first-order valence-electron chi connectivity index (χ1n) is 6.28. The smallest absolute Gasteiger partial charge is 0.326 e. The molecule has 0 aliphatic rings. The number of phenols is 1. The first-order chi connectivity index (χ1) is 10.1. The number of rotatable bonds is 5. The van der Waals surface area contributed by atoms with E-state index in [1.165, 1.54) is 24.5 Å². The molecule has 0 fully saturated rings. The molecule has 0 aliphatic heterocycles. The number of carbonyl (C=O) groups is 2. The topological polar surface area (TPSA) is 99.5 Å². The van der Waals surface area contributed by atoms with Gasteiger partial charge in [0.1, 0.15) is 11.8 Å². The minimum atomic E-state index is -1.12. The largest absolute Gasteiger partial charge is 0.508 e. The summed E-state index contributed by atoms with van der Waals surface area (Å²) in [4.78, 5) is 27.0. The fraction of sp³-hybridized carbons (Fsp3) is 0.133. The van der Waals surface area contributed by atoms with Crippen LogP contribution in [0.1, 0.15) is 15.9 Å². The number of amides is 1. The molecule has 0 saturated carbocycles. The lowest BCUT2D eigenvalue weighted by atomic mass is 10.1. The molecule has 0 spiro atoms. The van der Waals surface area contributed by atoms with Crippen molar-refractivity contribution >= 4 is 11.9 Å². The number of pyridine rings is 1. The summed E-state index contributed by atoms with van der Waals surface area (Å²) in [6, 6.07) is 8.27. The molecule has 6 nitrogen and oxygen atoms in total. The maximum Gasteiger partial charge on any atom is 0.326 e. The third-order valence-corrected chi connectivity index (χ3v) is 2.90. The number of carboxylic acids is 1. The molecule has 3 N–H and O–H groups in total. The van der Waals surface area contributed by atoms with E-state index in [1.807, 2.05) is 0 Å². The van der Waals surface area contributed by atoms with Crippen molar-refractivity contribution in [3.05, 3.63) is 59.9 Å². The quantitative estimate of drug-likeness (QED) is 0.767. The highest BCUT2D eigenvalue weighted by Gasteiger charge is 2.21. The van der Waals surface area contributed by atoms with Crippen LogP contribution in [0.4, 0.5) is 0 Å². The Labute approximate surface area is 121 Å². The average molecular weight is 286 g/mol. The molecule has 0 saturated heterocycles. The van der Waals surface area contributed by atoms with E-state index in [1.54, 1.807) is 24.3 Å². The lowest BCUT2D eigenvalue weighted by molar-refractivity contribution is -0.139. The van der Waals surface area contributed by atoms with Crippen molar-refractivity contribution in [2.75, 3.05) is 0 Å². The molecule has 1 amide bonds. The van der Waals surface area contributed by atoms with Gasteiger partial charge in [0.05, 0.1) is 5.56 Å². The summed E-state index contributed by atoms with van der Waals surface area (Å²) >= 11 is 0. The Morgan fingerprint density at radius 3 is 2.48 bits per heavy atom. The standard InChI is InChI=1S/C15H14N2O4/c18-12-5-3-10(4-6-12)8-13(15(20)21)17-14(19)11-2-1-7-16-9-11/h1-7,9,13,18H,8H2,(H,17,19)(H,20,21)/t13-/m0/s1. The van der Waals surface area contributed by atoms with Crippen molar-refractivity contribution in [3.8, 4) is 5.75 Å². The predicted molar refractivity (Wildman–Crippen MR) is 74.9 cm³/mol. The monoisotopic (exact) mass is 286 g/mol. The SMILES string of the molecule is O=C(N[C@@H](Cc1ccc(O)cc1)C(=O)O)c1cccnc1. The lowest BCUT2D eigenvalue weighted by Crippen LogP contribution is -2.42. The Kier molecular flexibility index (Phi) is 4.50. The van der Waals surface area contributed by atoms with Crippen molar-refractivity contribution in [2.45, 2.75) is 12.5 Å². The highest BCUT2D eigenvalue weighted by atomic mass is 16.4. The number of carboxylic acid groups (broad SMARTS) is 1. The minimum absolute atomic E-state index is 0.102. The Morgan fingerprint density at radius 1 is 1.19 bits per heavy atom. The van der Waals surface area contributed by atoms with Crippen LogP contribution >= 0.6 is 0 Å². The molecule has 2 aromatic rings. The van der Waals surface area contributed by atoms with Crippen LogP contribution in [0.3, 0.4) is 0 Å². The van der Waals surface area contributed by atoms with Crippen LogP contribution in [-0.2, 0) is 11.2 Å². The Hall–Kier alpha value is -2.89. The summed E-state index contributed by atoms with van der Waals surface area (Å²) in [6.07, 6.45) is 3.03. The van der Waals surface area contributed by atoms with E-state index < -0.39 is 17.9 Å². The fourth-order valence-electron chi connectivity index (χ4n) is 1.81. The number of hydrogen-bond donors (Lipinski definition) is 3. The molecule has 0 unspecified atom stereocenters. The molecule has 0 bridgehead atoms. The molecule has 21 heavy (non-hydrogen) atoms. The van der Waals surface area contributed by atoms with Gasteiger partial charge in [-0.15, -0.1) is 0 Å². The van der Waals surface area contributed by atoms with Gasteiger partial charge in [0.2, 0.25) is 0 Å². The molecule has 1 aromatic heterocycles. The van der Waals surface area contributed by atoms with Crippen LogP contribution in [-0.4, -0.2) is 33.1 Å². The van der Waals surface area contributed by atoms with Gasteiger partial charge in [-0.25, -0.2) is 4.79 Å². The molecule has 108 valence electrons. The second-order valence-corrected chi connectivity index (χ2v) is 4.48. The first kappa shape index (κ1) is 14.5. The number of nitrogens with one attached hydrogen (secondary N) is 1. The summed E-state index contributed by atoms with van der Waals surface area (Å²) in [5, 5.41) is 20.9. The molecule has 0 radical (unpaired) electrons. The Bertz CT molecular complexity index is 626. The summed E-state index contributed by atoms with van der Waals surface area (Å²) in [5.74, 6) is -1.51. The zero-order valence-corrected chi connectivity index (χ0v) is 11.1. The van der Waals surface area contributed by atoms with Crippen molar-refractivity contribution in [2.24, 2.45) is 0 Å². The number of aromatic nitrogens is 1. The highest BCUT2D eigenvalue weighted by Crippen LogP contribution is 2.11. The van der Waals surface area contributed by atoms with E-state index in [2.05, 4.69) is 10.3 Å². The van der Waals surface area contributed by atoms with E-state index in [-0.39, 0.29) is 12.2 Å². The van der Waals surface area contributed by atoms with Crippen LogP contribution in [0.2, 0.25) is 0 Å². The lowest BCUT2D eigenvalue weighted by Gasteiger charge is -2.14. The molecular weight excluding hydrogens is 272 g/mol. The van der Waals surface area contributed by atoms with Gasteiger partial charge in [0, 0.05) is 18.8 Å². The Balaban J connectivity index is 2.07. The molecule has 6 heteroatoms. The van der Waals surface area contributed by atoms with Crippen LogP contribution < -0.4 is 5.32 Å². The number of aromatic hydroxyl groups is 1. The maximum atomic E-state index is 11.9. The molecule has 2 rings (SSSR count). The third kappa shape index (κ3) is 4.04. The highest BCUT2D eigenvalue weighted by molar-refractivity contribution is 5.96. The number of aliphatic carboxylic acids is 1. The summed E-state index contributed by atoms with van der Waals surface area (Å²) in [6.45, 7) is 0. The zero-order valence-electron chi connectivity index (χ0n) is 11.1. The van der Waals surface area contributed by atoms with Gasteiger partial charge >= 0.3 is 5.97 Å². The second-order valence-electron chi connectivity index (χ2n) is 4.48. The van der Waals surface area contributed by atoms with Crippen LogP contribution in [0, 0.1) is 0 Å². The fourth-order valence-corrected chi connectivity index (χ4v) is 1.81. The van der Waals surface area contributed by atoms with Crippen molar-refractivity contribution in [1.29, 1.82) is 0 Å². The third-order valence-electron chi connectivity index (χ3n) is 2.90. The molecule has 1 atom stereocenters. The van der Waals surface area contributed by atoms with Gasteiger partial charge in [-0.3, -0.25) is 9.78 Å². The summed E-state index contributed by atoms with van der Waals surface area (Å²) in [7, 11) is 0. The average Bonchev–Trinajstić information content (AvgIpc) is 2.49. The van der Waals surface area contributed by atoms with Gasteiger partial charge in [0.25, 0.3) is 5.91 Å². The van der Waals surface area contributed by atoms with Gasteiger partial charge < -0.3 is 15.5 Å². The van der Waals surface area contributed by atoms with E-state index in [9.17, 15) is 19.8 Å². The predicted octanol–water partition coefficient (Wildman–Crippen LogP) is 1.21. The van der Waals surface area contributed by atoms with E-state index in [0.717, 1.165) is 0 Å². The molecule has 1 aromatic carbocycles. The van der Waals surface area contributed by atoms with Gasteiger partial charge in [0.15, 0.2) is 0 Å². The van der Waals surface area contributed by atoms with Gasteiger partial charge in [-0.1, -0.05) is 12.1 Å². The van der Waals surface area contributed by atoms with Crippen LogP contribution in [0.25, 0.3) is 0 Å². The van der Waals surface area contributed by atoms with Crippen molar-refractivity contribution < 1.29 is 19.8 Å². The summed E-state index contributed by atoms with van der Waals surface area (Å²) in [5.41, 5.74) is 1.00. The number of hydrogen-bond acceptors (Lipinski definition) is 4. The van der Waals surface area contributed by atoms with E-state index >= 15 is 0 Å². The van der Waals surface area contributed by atoms with Crippen molar-refractivity contribution in [1.82, 2.24) is 10.3 Å². The normalized spacial score (nSPS) is 11.6. The molecule has 0 aliphatic carbocycles.